The van der Waals surface area contributed by atoms with Gasteiger partial charge >= 0.3 is 12.1 Å². The minimum atomic E-state index is -4.81. The van der Waals surface area contributed by atoms with Gasteiger partial charge in [-0.15, -0.1) is 0 Å². The number of nitrogens with zero attached hydrogens (tertiary/aromatic N) is 2. The number of rotatable bonds is 5. The first-order valence-electron chi connectivity index (χ1n) is 7.17. The predicted molar refractivity (Wildman–Crippen MR) is 80.8 cm³/mol. The van der Waals surface area contributed by atoms with Gasteiger partial charge in [0.2, 0.25) is 5.82 Å². The summed E-state index contributed by atoms with van der Waals surface area (Å²) in [5.41, 5.74) is 0.0617. The van der Waals surface area contributed by atoms with Gasteiger partial charge in [-0.2, -0.15) is 13.2 Å². The lowest BCUT2D eigenvalue weighted by molar-refractivity contribution is -0.145. The Bertz CT molecular complexity index is 779. The maximum Gasteiger partial charge on any atom is 0.451 e. The number of hydrogen-bond acceptors (Lipinski definition) is 4. The number of carboxylic acids is 1. The molecular weight excluding hydrogens is 339 g/mol. The number of nitrogens with one attached hydrogen (secondary N) is 1. The quantitative estimate of drug-likeness (QED) is 0.860. The molecule has 0 bridgehead atoms. The molecule has 0 aliphatic heterocycles. The van der Waals surface area contributed by atoms with E-state index in [4.69, 9.17) is 0 Å². The van der Waals surface area contributed by atoms with Gasteiger partial charge in [0, 0.05) is 12.1 Å². The third kappa shape index (κ3) is 5.00. The van der Waals surface area contributed by atoms with Crippen molar-refractivity contribution in [3.63, 3.8) is 0 Å². The normalized spacial score (nSPS) is 12.5. The van der Waals surface area contributed by atoms with Crippen LogP contribution in [-0.2, 0) is 17.4 Å². The zero-order chi connectivity index (χ0) is 18.6. The highest BCUT2D eigenvalue weighted by molar-refractivity contribution is 5.95. The zero-order valence-corrected chi connectivity index (χ0v) is 13.0. The fourth-order valence-electron chi connectivity index (χ4n) is 2.09. The maximum absolute atomic E-state index is 12.7. The Hall–Kier alpha value is -2.97. The molecule has 2 N–H and O–H groups in total. The highest BCUT2D eigenvalue weighted by atomic mass is 19.4. The Kier molecular flexibility index (Phi) is 5.35. The van der Waals surface area contributed by atoms with Gasteiger partial charge in [-0.3, -0.25) is 4.79 Å². The number of benzene rings is 1. The molecule has 0 aliphatic rings. The lowest BCUT2D eigenvalue weighted by Crippen LogP contribution is -2.42. The van der Waals surface area contributed by atoms with Gasteiger partial charge in [-0.05, 0) is 18.6 Å². The lowest BCUT2D eigenvalue weighted by Gasteiger charge is -2.15. The standard InChI is InChI=1S/C16H14F3N3O3/c1-9-7-11(22-15(20-9)16(17,18)19)13(23)21-12(14(24)25)8-10-5-3-2-4-6-10/h2-7,12H,8H2,1H3,(H,21,23)(H,24,25). The van der Waals surface area contributed by atoms with E-state index in [2.05, 4.69) is 15.3 Å². The molecule has 25 heavy (non-hydrogen) atoms. The Morgan fingerprint density at radius 3 is 2.40 bits per heavy atom. The molecule has 0 fully saturated rings. The summed E-state index contributed by atoms with van der Waals surface area (Å²) in [6.07, 6.45) is -4.82. The number of alkyl halides is 3. The van der Waals surface area contributed by atoms with Gasteiger partial charge in [0.05, 0.1) is 0 Å². The third-order valence-electron chi connectivity index (χ3n) is 3.23. The van der Waals surface area contributed by atoms with Crippen molar-refractivity contribution in [1.29, 1.82) is 0 Å². The predicted octanol–water partition coefficient (Wildman–Crippen LogP) is 2.23. The summed E-state index contributed by atoms with van der Waals surface area (Å²) in [7, 11) is 0. The van der Waals surface area contributed by atoms with E-state index in [0.29, 0.717) is 5.56 Å². The number of aryl methyl sites for hydroxylation is 1. The van der Waals surface area contributed by atoms with Gasteiger partial charge in [0.15, 0.2) is 0 Å². The van der Waals surface area contributed by atoms with E-state index < -0.39 is 35.6 Å². The molecule has 2 rings (SSSR count). The molecule has 0 aliphatic carbocycles. The van der Waals surface area contributed by atoms with Crippen LogP contribution in [0.1, 0.15) is 27.6 Å². The van der Waals surface area contributed by atoms with Gasteiger partial charge in [0.1, 0.15) is 11.7 Å². The van der Waals surface area contributed by atoms with Crippen LogP contribution in [0, 0.1) is 6.92 Å². The SMILES string of the molecule is Cc1cc(C(=O)NC(Cc2ccccc2)C(=O)O)nc(C(F)(F)F)n1. The number of hydrogen-bond donors (Lipinski definition) is 2. The topological polar surface area (TPSA) is 92.2 Å². The van der Waals surface area contributed by atoms with Crippen molar-refractivity contribution in [1.82, 2.24) is 15.3 Å². The summed E-state index contributed by atoms with van der Waals surface area (Å²) in [6, 6.07) is 8.28. The first kappa shape index (κ1) is 18.4. The van der Waals surface area contributed by atoms with Crippen LogP contribution < -0.4 is 5.32 Å². The van der Waals surface area contributed by atoms with E-state index in [0.717, 1.165) is 6.07 Å². The van der Waals surface area contributed by atoms with E-state index in [1.807, 2.05) is 0 Å². The summed E-state index contributed by atoms with van der Waals surface area (Å²) in [5, 5.41) is 11.4. The van der Waals surface area contributed by atoms with Crippen molar-refractivity contribution in [2.45, 2.75) is 25.6 Å². The molecule has 1 aromatic carbocycles. The van der Waals surface area contributed by atoms with E-state index >= 15 is 0 Å². The Morgan fingerprint density at radius 2 is 1.84 bits per heavy atom. The van der Waals surface area contributed by atoms with E-state index in [1.54, 1.807) is 30.3 Å². The number of halogens is 3. The number of aromatic nitrogens is 2. The summed E-state index contributed by atoms with van der Waals surface area (Å²) in [4.78, 5) is 29.9. The van der Waals surface area contributed by atoms with Crippen molar-refractivity contribution in [3.05, 3.63) is 59.2 Å². The molecule has 2 aromatic rings. The first-order chi connectivity index (χ1) is 11.7. The largest absolute Gasteiger partial charge is 0.480 e. The fourth-order valence-corrected chi connectivity index (χ4v) is 2.09. The average Bonchev–Trinajstić information content (AvgIpc) is 2.53. The molecule has 1 unspecified atom stereocenters. The smallest absolute Gasteiger partial charge is 0.451 e. The molecule has 6 nitrogen and oxygen atoms in total. The average molecular weight is 353 g/mol. The Balaban J connectivity index is 2.21. The summed E-state index contributed by atoms with van der Waals surface area (Å²) < 4.78 is 38.2. The summed E-state index contributed by atoms with van der Waals surface area (Å²) in [5.74, 6) is -3.77. The number of carbonyl (C=O) groups excluding carboxylic acids is 1. The molecule has 0 spiro atoms. The minimum absolute atomic E-state index is 0.0158. The number of carbonyl (C=O) groups is 2. The minimum Gasteiger partial charge on any atom is -0.480 e. The molecular formula is C16H14F3N3O3. The van der Waals surface area contributed by atoms with Gasteiger partial charge < -0.3 is 10.4 Å². The highest BCUT2D eigenvalue weighted by Crippen LogP contribution is 2.26. The van der Waals surface area contributed by atoms with Crippen LogP contribution in [0.25, 0.3) is 0 Å². The van der Waals surface area contributed by atoms with Gasteiger partial charge in [-0.25, -0.2) is 14.8 Å². The third-order valence-corrected chi connectivity index (χ3v) is 3.23. The molecule has 1 heterocycles. The second kappa shape index (κ2) is 7.29. The lowest BCUT2D eigenvalue weighted by atomic mass is 10.1. The molecule has 0 saturated carbocycles. The van der Waals surface area contributed by atoms with Crippen LogP contribution in [0.5, 0.6) is 0 Å². The van der Waals surface area contributed by atoms with Crippen molar-refractivity contribution < 1.29 is 27.9 Å². The van der Waals surface area contributed by atoms with Crippen molar-refractivity contribution in [2.24, 2.45) is 0 Å². The van der Waals surface area contributed by atoms with Gasteiger partial charge in [-0.1, -0.05) is 30.3 Å². The molecule has 132 valence electrons. The second-order valence-corrected chi connectivity index (χ2v) is 5.27. The monoisotopic (exact) mass is 353 g/mol. The second-order valence-electron chi connectivity index (χ2n) is 5.27. The molecule has 1 aromatic heterocycles. The fraction of sp³-hybridized carbons (Fsp3) is 0.250. The van der Waals surface area contributed by atoms with Crippen LogP contribution >= 0.6 is 0 Å². The number of amides is 1. The van der Waals surface area contributed by atoms with Crippen LogP contribution in [0.2, 0.25) is 0 Å². The molecule has 1 amide bonds. The molecule has 0 radical (unpaired) electrons. The van der Waals surface area contributed by atoms with Crippen LogP contribution in [0.15, 0.2) is 36.4 Å². The Morgan fingerprint density at radius 1 is 1.20 bits per heavy atom. The Labute approximate surface area is 140 Å². The van der Waals surface area contributed by atoms with Crippen LogP contribution in [-0.4, -0.2) is 33.0 Å². The highest BCUT2D eigenvalue weighted by Gasteiger charge is 2.36. The van der Waals surface area contributed by atoms with Gasteiger partial charge in [0.25, 0.3) is 5.91 Å². The van der Waals surface area contributed by atoms with Crippen LogP contribution in [0.4, 0.5) is 13.2 Å². The number of aliphatic carboxylic acids is 1. The molecule has 1 atom stereocenters. The van der Waals surface area contributed by atoms with Crippen molar-refractivity contribution >= 4 is 11.9 Å². The first-order valence-corrected chi connectivity index (χ1v) is 7.17. The molecule has 9 heteroatoms. The summed E-state index contributed by atoms with van der Waals surface area (Å²) in [6.45, 7) is 1.28. The van der Waals surface area contributed by atoms with E-state index in [1.165, 1.54) is 6.92 Å². The van der Waals surface area contributed by atoms with E-state index in [-0.39, 0.29) is 12.1 Å². The van der Waals surface area contributed by atoms with Crippen molar-refractivity contribution in [2.75, 3.05) is 0 Å². The summed E-state index contributed by atoms with van der Waals surface area (Å²) >= 11 is 0. The molecule has 0 saturated heterocycles. The zero-order valence-electron chi connectivity index (χ0n) is 13.0. The maximum atomic E-state index is 12.7. The van der Waals surface area contributed by atoms with E-state index in [9.17, 15) is 27.9 Å². The number of carboxylic acid groups (broad SMARTS) is 1. The van der Waals surface area contributed by atoms with Crippen LogP contribution in [0.3, 0.4) is 0 Å². The van der Waals surface area contributed by atoms with Crippen molar-refractivity contribution in [3.8, 4) is 0 Å².